The zero-order valence-corrected chi connectivity index (χ0v) is 23.6. The molecule has 1 atom stereocenters. The van der Waals surface area contributed by atoms with Crippen LogP contribution in [0.2, 0.25) is 0 Å². The molecule has 3 N–H and O–H groups in total. The van der Waals surface area contributed by atoms with Gasteiger partial charge in [0.15, 0.2) is 0 Å². The number of pyridine rings is 1. The molecule has 1 aliphatic rings. The second-order valence-corrected chi connectivity index (χ2v) is 11.8. The minimum atomic E-state index is -3.77. The number of benzene rings is 2. The van der Waals surface area contributed by atoms with Crippen molar-refractivity contribution < 1.29 is 22.8 Å². The van der Waals surface area contributed by atoms with Gasteiger partial charge in [0.05, 0.1) is 30.1 Å². The Hall–Kier alpha value is -3.64. The van der Waals surface area contributed by atoms with Gasteiger partial charge < -0.3 is 19.7 Å². The first-order chi connectivity index (χ1) is 20.0. The van der Waals surface area contributed by atoms with Gasteiger partial charge in [-0.25, -0.2) is 8.42 Å². The molecule has 0 unspecified atom stereocenters. The maximum atomic E-state index is 12.9. The average Bonchev–Trinajstić information content (AvgIpc) is 3.69. The van der Waals surface area contributed by atoms with Crippen molar-refractivity contribution in [2.24, 2.45) is 0 Å². The highest BCUT2D eigenvalue weighted by Gasteiger charge is 2.17. The molecule has 0 aliphatic heterocycles. The third kappa shape index (κ3) is 8.20. The topological polar surface area (TPSA) is 139 Å². The van der Waals surface area contributed by atoms with Crippen molar-refractivity contribution in [3.63, 3.8) is 0 Å². The van der Waals surface area contributed by atoms with Gasteiger partial charge in [-0.2, -0.15) is 4.98 Å². The highest BCUT2D eigenvalue weighted by molar-refractivity contribution is 7.92. The van der Waals surface area contributed by atoms with Crippen LogP contribution in [0, 0.1) is 0 Å². The molecule has 0 spiro atoms. The van der Waals surface area contributed by atoms with Gasteiger partial charge in [-0.3, -0.25) is 9.71 Å². The van der Waals surface area contributed by atoms with Crippen molar-refractivity contribution in [2.75, 3.05) is 24.4 Å². The SMILES string of the molecule is O=S(=O)(Nc1ccc(CCNC[C@H](O)c2cccnc2)cc1)c1ccc(-c2noc(CCOC3CCCC3)n2)cc1. The quantitative estimate of drug-likeness (QED) is 0.187. The van der Waals surface area contributed by atoms with E-state index in [1.165, 1.54) is 25.0 Å². The van der Waals surface area contributed by atoms with Crippen molar-refractivity contribution in [3.8, 4) is 11.4 Å². The first-order valence-electron chi connectivity index (χ1n) is 13.9. The smallest absolute Gasteiger partial charge is 0.261 e. The summed E-state index contributed by atoms with van der Waals surface area (Å²) in [6.07, 6.45) is 9.00. The van der Waals surface area contributed by atoms with E-state index in [1.807, 2.05) is 18.2 Å². The molecule has 2 aromatic heterocycles. The highest BCUT2D eigenvalue weighted by atomic mass is 32.2. The van der Waals surface area contributed by atoms with Crippen LogP contribution in [0.4, 0.5) is 5.69 Å². The van der Waals surface area contributed by atoms with Crippen LogP contribution in [0.15, 0.2) is 82.5 Å². The lowest BCUT2D eigenvalue weighted by Gasteiger charge is -2.12. The molecule has 41 heavy (non-hydrogen) atoms. The predicted molar refractivity (Wildman–Crippen MR) is 155 cm³/mol. The molecule has 0 bridgehead atoms. The number of nitrogens with zero attached hydrogens (tertiary/aromatic N) is 3. The van der Waals surface area contributed by atoms with Gasteiger partial charge in [0, 0.05) is 35.8 Å². The number of aromatic nitrogens is 3. The van der Waals surface area contributed by atoms with Crippen molar-refractivity contribution in [3.05, 3.63) is 90.1 Å². The molecule has 0 radical (unpaired) electrons. The Labute approximate surface area is 240 Å². The first-order valence-corrected chi connectivity index (χ1v) is 15.4. The Morgan fingerprint density at radius 1 is 1.02 bits per heavy atom. The van der Waals surface area contributed by atoms with E-state index in [0.717, 1.165) is 30.4 Å². The van der Waals surface area contributed by atoms with E-state index in [4.69, 9.17) is 9.26 Å². The van der Waals surface area contributed by atoms with Crippen LogP contribution < -0.4 is 10.0 Å². The van der Waals surface area contributed by atoms with Crippen molar-refractivity contribution in [2.45, 2.75) is 55.6 Å². The molecule has 1 aliphatic carbocycles. The van der Waals surface area contributed by atoms with Gasteiger partial charge >= 0.3 is 0 Å². The summed E-state index contributed by atoms with van der Waals surface area (Å²) in [4.78, 5) is 8.57. The Balaban J connectivity index is 1.08. The fraction of sp³-hybridized carbons (Fsp3) is 0.367. The lowest BCUT2D eigenvalue weighted by molar-refractivity contribution is 0.0572. The van der Waals surface area contributed by atoms with Gasteiger partial charge in [-0.15, -0.1) is 0 Å². The second-order valence-electron chi connectivity index (χ2n) is 10.1. The second kappa shape index (κ2) is 13.8. The Morgan fingerprint density at radius 3 is 2.54 bits per heavy atom. The zero-order valence-electron chi connectivity index (χ0n) is 22.8. The minimum Gasteiger partial charge on any atom is -0.387 e. The predicted octanol–water partition coefficient (Wildman–Crippen LogP) is 4.30. The summed E-state index contributed by atoms with van der Waals surface area (Å²) in [7, 11) is -3.77. The van der Waals surface area contributed by atoms with Crippen LogP contribution in [0.1, 0.15) is 48.8 Å². The van der Waals surface area contributed by atoms with Gasteiger partial charge in [0.2, 0.25) is 11.7 Å². The van der Waals surface area contributed by atoms with Crippen LogP contribution >= 0.6 is 0 Å². The van der Waals surface area contributed by atoms with Crippen LogP contribution in [0.25, 0.3) is 11.4 Å². The van der Waals surface area contributed by atoms with Crippen LogP contribution in [0.3, 0.4) is 0 Å². The molecular weight excluding hydrogens is 542 g/mol. The molecule has 4 aromatic rings. The molecule has 2 aromatic carbocycles. The van der Waals surface area contributed by atoms with E-state index < -0.39 is 16.1 Å². The van der Waals surface area contributed by atoms with Crippen molar-refractivity contribution in [1.82, 2.24) is 20.4 Å². The Bertz CT molecular complexity index is 1470. The maximum Gasteiger partial charge on any atom is 0.261 e. The van der Waals surface area contributed by atoms with E-state index in [0.29, 0.717) is 55.2 Å². The molecule has 11 heteroatoms. The number of anilines is 1. The van der Waals surface area contributed by atoms with Crippen molar-refractivity contribution >= 4 is 15.7 Å². The number of aliphatic hydroxyl groups is 1. The van der Waals surface area contributed by atoms with Gasteiger partial charge in [-0.05, 0) is 73.8 Å². The average molecular weight is 578 g/mol. The Kier molecular flexibility index (Phi) is 9.73. The molecule has 1 fully saturated rings. The van der Waals surface area contributed by atoms with E-state index in [9.17, 15) is 13.5 Å². The maximum absolute atomic E-state index is 12.9. The summed E-state index contributed by atoms with van der Waals surface area (Å²) in [5.74, 6) is 0.910. The molecule has 216 valence electrons. The van der Waals surface area contributed by atoms with Crippen LogP contribution in [0.5, 0.6) is 0 Å². The number of sulfonamides is 1. The fourth-order valence-electron chi connectivity index (χ4n) is 4.74. The first kappa shape index (κ1) is 28.9. The number of nitrogens with one attached hydrogen (secondary N) is 2. The third-order valence-electron chi connectivity index (χ3n) is 7.07. The largest absolute Gasteiger partial charge is 0.387 e. The number of rotatable bonds is 14. The van der Waals surface area contributed by atoms with Gasteiger partial charge in [-0.1, -0.05) is 36.2 Å². The fourth-order valence-corrected chi connectivity index (χ4v) is 5.80. The summed E-state index contributed by atoms with van der Waals surface area (Å²) >= 11 is 0. The van der Waals surface area contributed by atoms with Crippen LogP contribution in [-0.2, 0) is 27.6 Å². The summed E-state index contributed by atoms with van der Waals surface area (Å²) < 4.78 is 39.7. The summed E-state index contributed by atoms with van der Waals surface area (Å²) in [6.45, 7) is 1.64. The number of hydrogen-bond acceptors (Lipinski definition) is 9. The lowest BCUT2D eigenvalue weighted by atomic mass is 10.1. The molecule has 2 heterocycles. The number of aliphatic hydroxyl groups excluding tert-OH is 1. The standard InChI is InChI=1S/C30H35N5O5S/c36-28(24-4-3-17-31-20-24)21-32-18-15-22-7-11-25(12-8-22)35-41(37,38)27-13-9-23(10-14-27)30-33-29(40-34-30)16-19-39-26-5-1-2-6-26/h3-4,7-14,17,20,26,28,32,35-36H,1-2,5-6,15-16,18-19,21H2/t28-/m0/s1. The highest BCUT2D eigenvalue weighted by Crippen LogP contribution is 2.23. The summed E-state index contributed by atoms with van der Waals surface area (Å²) in [6, 6.07) is 17.3. The minimum absolute atomic E-state index is 0.135. The lowest BCUT2D eigenvalue weighted by Crippen LogP contribution is -2.23. The Morgan fingerprint density at radius 2 is 1.80 bits per heavy atom. The van der Waals surface area contributed by atoms with Crippen LogP contribution in [-0.4, -0.2) is 54.4 Å². The molecule has 10 nitrogen and oxygen atoms in total. The third-order valence-corrected chi connectivity index (χ3v) is 8.46. The van der Waals surface area contributed by atoms with Gasteiger partial charge in [0.25, 0.3) is 10.0 Å². The normalized spacial score (nSPS) is 14.8. The molecule has 1 saturated carbocycles. The summed E-state index contributed by atoms with van der Waals surface area (Å²) in [5.41, 5.74) is 2.96. The van der Waals surface area contributed by atoms with Gasteiger partial charge in [0.1, 0.15) is 0 Å². The molecule has 0 saturated heterocycles. The zero-order chi connectivity index (χ0) is 28.5. The number of hydrogen-bond donors (Lipinski definition) is 3. The van der Waals surface area contributed by atoms with E-state index in [2.05, 4.69) is 25.2 Å². The molecular formula is C30H35N5O5S. The van der Waals surface area contributed by atoms with E-state index in [-0.39, 0.29) is 4.90 Å². The number of ether oxygens (including phenoxy) is 1. The van der Waals surface area contributed by atoms with E-state index in [1.54, 1.807) is 42.7 Å². The monoisotopic (exact) mass is 577 g/mol. The molecule has 0 amide bonds. The summed E-state index contributed by atoms with van der Waals surface area (Å²) in [5, 5.41) is 17.5. The van der Waals surface area contributed by atoms with Crippen molar-refractivity contribution in [1.29, 1.82) is 0 Å². The van der Waals surface area contributed by atoms with E-state index >= 15 is 0 Å². The molecule has 5 rings (SSSR count).